The number of ether oxygens (including phenoxy) is 2. The molecule has 4 heterocycles. The lowest BCUT2D eigenvalue weighted by molar-refractivity contribution is 0.476. The van der Waals surface area contributed by atoms with Crippen molar-refractivity contribution in [2.45, 2.75) is 12.8 Å². The third-order valence-corrected chi connectivity index (χ3v) is 9.63. The number of para-hydroxylation sites is 8. The number of benzene rings is 6. The number of anilines is 6. The summed E-state index contributed by atoms with van der Waals surface area (Å²) in [6, 6.07) is 54.8. The Hall–Kier alpha value is -7.32. The summed E-state index contributed by atoms with van der Waals surface area (Å²) < 4.78 is 12.7. The standard InChI is InChI=1S/C46H32N6O2/c1-3-15-31(16-4-1)44-48-43(49-45(50-44)32-17-5-2-6-18-32)28-27-33-29-34(51-35-19-7-11-23-39(35)53-40-24-12-8-20-36(40)51)30-47-46(33)52-37-21-9-13-25-41(37)54-42-26-14-10-22-38(42)52/h1-26,29-30H,27-28H2. The van der Waals surface area contributed by atoms with Crippen LogP contribution in [0.3, 0.4) is 0 Å². The van der Waals surface area contributed by atoms with Crippen molar-refractivity contribution < 1.29 is 9.47 Å². The lowest BCUT2D eigenvalue weighted by Crippen LogP contribution is -2.20. The van der Waals surface area contributed by atoms with Gasteiger partial charge in [0.15, 0.2) is 34.6 Å². The second kappa shape index (κ2) is 13.3. The summed E-state index contributed by atoms with van der Waals surface area (Å²) in [7, 11) is 0. The maximum atomic E-state index is 6.39. The Balaban J connectivity index is 1.13. The van der Waals surface area contributed by atoms with Gasteiger partial charge in [-0.25, -0.2) is 19.9 Å². The normalized spacial score (nSPS) is 12.4. The average Bonchev–Trinajstić information content (AvgIpc) is 3.24. The van der Waals surface area contributed by atoms with E-state index in [0.717, 1.165) is 73.9 Å². The van der Waals surface area contributed by atoms with Crippen LogP contribution in [0.25, 0.3) is 22.8 Å². The minimum Gasteiger partial charge on any atom is -0.453 e. The molecule has 2 aliphatic heterocycles. The largest absolute Gasteiger partial charge is 0.453 e. The molecule has 0 radical (unpaired) electrons. The zero-order valence-electron chi connectivity index (χ0n) is 29.1. The van der Waals surface area contributed by atoms with Gasteiger partial charge >= 0.3 is 0 Å². The number of nitrogens with zero attached hydrogens (tertiary/aromatic N) is 6. The molecule has 0 bridgehead atoms. The Kier molecular flexibility index (Phi) is 7.76. The van der Waals surface area contributed by atoms with Gasteiger partial charge in [-0.1, -0.05) is 109 Å². The fraction of sp³-hybridized carbons (Fsp3) is 0.0435. The summed E-state index contributed by atoms with van der Waals surface area (Å²) in [6.45, 7) is 0. The third kappa shape index (κ3) is 5.66. The highest BCUT2D eigenvalue weighted by Gasteiger charge is 2.30. The van der Waals surface area contributed by atoms with Gasteiger partial charge in [0.2, 0.25) is 0 Å². The topological polar surface area (TPSA) is 76.5 Å². The van der Waals surface area contributed by atoms with E-state index in [4.69, 9.17) is 29.4 Å². The predicted octanol–water partition coefficient (Wildman–Crippen LogP) is 11.5. The molecular weight excluding hydrogens is 669 g/mol. The van der Waals surface area contributed by atoms with Crippen molar-refractivity contribution in [2.24, 2.45) is 0 Å². The number of aryl methyl sites for hydroxylation is 2. The predicted molar refractivity (Wildman–Crippen MR) is 212 cm³/mol. The zero-order valence-corrected chi connectivity index (χ0v) is 29.1. The molecule has 0 aliphatic carbocycles. The van der Waals surface area contributed by atoms with Crippen molar-refractivity contribution in [1.29, 1.82) is 0 Å². The van der Waals surface area contributed by atoms with Crippen LogP contribution in [0.2, 0.25) is 0 Å². The molecule has 0 amide bonds. The smallest absolute Gasteiger partial charge is 0.163 e. The van der Waals surface area contributed by atoms with Crippen LogP contribution in [0.1, 0.15) is 11.4 Å². The van der Waals surface area contributed by atoms with Crippen LogP contribution in [0.5, 0.6) is 23.0 Å². The molecule has 2 aromatic heterocycles. The summed E-state index contributed by atoms with van der Waals surface area (Å²) in [5, 5.41) is 0. The molecule has 0 unspecified atom stereocenters. The van der Waals surface area contributed by atoms with E-state index in [0.29, 0.717) is 30.3 Å². The quantitative estimate of drug-likeness (QED) is 0.163. The van der Waals surface area contributed by atoms with Crippen LogP contribution >= 0.6 is 0 Å². The van der Waals surface area contributed by atoms with E-state index in [1.54, 1.807) is 0 Å². The SMILES string of the molecule is c1ccc(-c2nc(CCc3cc(N4c5ccccc5Oc5ccccc54)cnc3N3c4ccccc4Oc4ccccc43)nc(-c3ccccc3)n2)cc1. The summed E-state index contributed by atoms with van der Waals surface area (Å²) in [5.74, 6) is 5.88. The number of fused-ring (bicyclic) bond motifs is 4. The first-order valence-electron chi connectivity index (χ1n) is 17.9. The molecule has 54 heavy (non-hydrogen) atoms. The first-order chi connectivity index (χ1) is 26.8. The molecule has 6 aromatic carbocycles. The van der Waals surface area contributed by atoms with E-state index >= 15 is 0 Å². The van der Waals surface area contributed by atoms with Gasteiger partial charge in [-0.15, -0.1) is 0 Å². The Morgan fingerprint density at radius 1 is 0.426 bits per heavy atom. The maximum absolute atomic E-state index is 6.39. The van der Waals surface area contributed by atoms with E-state index in [2.05, 4.69) is 40.1 Å². The van der Waals surface area contributed by atoms with Gasteiger partial charge in [0, 0.05) is 17.5 Å². The minimum absolute atomic E-state index is 0.546. The zero-order chi connectivity index (χ0) is 35.8. The Labute approximate surface area is 312 Å². The van der Waals surface area contributed by atoms with E-state index in [-0.39, 0.29) is 0 Å². The molecule has 8 aromatic rings. The van der Waals surface area contributed by atoms with Gasteiger partial charge in [0.05, 0.1) is 34.6 Å². The highest BCUT2D eigenvalue weighted by Crippen LogP contribution is 2.53. The molecule has 258 valence electrons. The van der Waals surface area contributed by atoms with Gasteiger partial charge in [-0.3, -0.25) is 4.90 Å². The molecule has 0 saturated carbocycles. The summed E-state index contributed by atoms with van der Waals surface area (Å²) >= 11 is 0. The van der Waals surface area contributed by atoms with E-state index in [9.17, 15) is 0 Å². The number of hydrogen-bond acceptors (Lipinski definition) is 8. The van der Waals surface area contributed by atoms with Crippen molar-refractivity contribution in [2.75, 3.05) is 9.80 Å². The highest BCUT2D eigenvalue weighted by atomic mass is 16.5. The van der Waals surface area contributed by atoms with Gasteiger partial charge in [-0.2, -0.15) is 0 Å². The van der Waals surface area contributed by atoms with Crippen LogP contribution in [0.4, 0.5) is 34.3 Å². The fourth-order valence-corrected chi connectivity index (χ4v) is 7.12. The Bertz CT molecular complexity index is 2500. The number of pyridine rings is 1. The van der Waals surface area contributed by atoms with Gasteiger partial charge in [0.25, 0.3) is 0 Å². The number of rotatable bonds is 7. The first-order valence-corrected chi connectivity index (χ1v) is 17.9. The minimum atomic E-state index is 0.546. The first kappa shape index (κ1) is 31.4. The molecule has 0 atom stereocenters. The molecule has 0 saturated heterocycles. The molecule has 8 nitrogen and oxygen atoms in total. The maximum Gasteiger partial charge on any atom is 0.163 e. The third-order valence-electron chi connectivity index (χ3n) is 9.63. The number of aromatic nitrogens is 4. The van der Waals surface area contributed by atoms with Crippen LogP contribution in [0.15, 0.2) is 170 Å². The van der Waals surface area contributed by atoms with Gasteiger partial charge in [-0.05, 0) is 66.6 Å². The lowest BCUT2D eigenvalue weighted by Gasteiger charge is -2.35. The molecule has 0 N–H and O–H groups in total. The van der Waals surface area contributed by atoms with Gasteiger partial charge < -0.3 is 14.4 Å². The molecule has 2 aliphatic rings. The Morgan fingerprint density at radius 3 is 1.33 bits per heavy atom. The van der Waals surface area contributed by atoms with E-state index < -0.39 is 0 Å². The highest BCUT2D eigenvalue weighted by molar-refractivity contribution is 5.89. The van der Waals surface area contributed by atoms with Crippen LogP contribution in [-0.2, 0) is 12.8 Å². The summed E-state index contributed by atoms with van der Waals surface area (Å²) in [6.07, 6.45) is 3.09. The van der Waals surface area contributed by atoms with Crippen LogP contribution in [0, 0.1) is 0 Å². The van der Waals surface area contributed by atoms with Crippen LogP contribution in [-0.4, -0.2) is 19.9 Å². The average molecular weight is 701 g/mol. The second-order valence-electron chi connectivity index (χ2n) is 13.1. The number of hydrogen-bond donors (Lipinski definition) is 0. The molecule has 10 rings (SSSR count). The molecular formula is C46H32N6O2. The van der Waals surface area contributed by atoms with Crippen molar-refractivity contribution in [3.63, 3.8) is 0 Å². The Morgan fingerprint density at radius 2 is 0.852 bits per heavy atom. The van der Waals surface area contributed by atoms with Gasteiger partial charge in [0.1, 0.15) is 11.6 Å². The summed E-state index contributed by atoms with van der Waals surface area (Å²) in [4.78, 5) is 24.7. The summed E-state index contributed by atoms with van der Waals surface area (Å²) in [5.41, 5.74) is 7.52. The fourth-order valence-electron chi connectivity index (χ4n) is 7.12. The van der Waals surface area contributed by atoms with Crippen molar-refractivity contribution >= 4 is 34.3 Å². The molecule has 0 spiro atoms. The second-order valence-corrected chi connectivity index (χ2v) is 13.1. The van der Waals surface area contributed by atoms with Crippen molar-refractivity contribution in [3.8, 4) is 45.8 Å². The molecule has 0 fully saturated rings. The van der Waals surface area contributed by atoms with Crippen LogP contribution < -0.4 is 19.3 Å². The monoisotopic (exact) mass is 700 g/mol. The lowest BCUT2D eigenvalue weighted by atomic mass is 10.1. The molecule has 8 heteroatoms. The van der Waals surface area contributed by atoms with E-state index in [1.165, 1.54) is 0 Å². The van der Waals surface area contributed by atoms with E-state index in [1.807, 2.05) is 140 Å². The van der Waals surface area contributed by atoms with Crippen molar-refractivity contribution in [1.82, 2.24) is 19.9 Å². The van der Waals surface area contributed by atoms with Crippen molar-refractivity contribution in [3.05, 3.63) is 181 Å².